The summed E-state index contributed by atoms with van der Waals surface area (Å²) in [6.45, 7) is 8.01. The first kappa shape index (κ1) is 15.2. The van der Waals surface area contributed by atoms with Crippen molar-refractivity contribution in [3.63, 3.8) is 0 Å². The largest absolute Gasteiger partial charge is 0.324 e. The van der Waals surface area contributed by atoms with E-state index in [4.69, 9.17) is 4.63 Å². The monoisotopic (exact) mass is 309 g/mol. The maximum absolute atomic E-state index is 11.3. The van der Waals surface area contributed by atoms with E-state index in [0.29, 0.717) is 16.7 Å². The molecule has 3 rings (SSSR count). The normalized spacial score (nSPS) is 11.7. The summed E-state index contributed by atoms with van der Waals surface area (Å²) in [4.78, 5) is 11.3. The SMILES string of the molecule is CC(=O)Nc1ccc(-c2ccc(C(C)(C)C)cc2)c2nonc12. The predicted molar refractivity (Wildman–Crippen MR) is 90.2 cm³/mol. The van der Waals surface area contributed by atoms with Crippen LogP contribution in [0.2, 0.25) is 0 Å². The van der Waals surface area contributed by atoms with Crippen molar-refractivity contribution in [2.45, 2.75) is 33.1 Å². The van der Waals surface area contributed by atoms with Gasteiger partial charge in [0.15, 0.2) is 5.52 Å². The van der Waals surface area contributed by atoms with Crippen LogP contribution in [0.1, 0.15) is 33.3 Å². The molecule has 0 radical (unpaired) electrons. The van der Waals surface area contributed by atoms with Crippen LogP contribution in [0.5, 0.6) is 0 Å². The Morgan fingerprint density at radius 2 is 1.65 bits per heavy atom. The van der Waals surface area contributed by atoms with E-state index < -0.39 is 0 Å². The second kappa shape index (κ2) is 5.50. The Kier molecular flexibility index (Phi) is 3.64. The number of amides is 1. The van der Waals surface area contributed by atoms with Crippen LogP contribution in [-0.4, -0.2) is 16.2 Å². The van der Waals surface area contributed by atoms with Gasteiger partial charge in [-0.15, -0.1) is 0 Å². The number of anilines is 1. The molecule has 1 aromatic heterocycles. The standard InChI is InChI=1S/C18H19N3O2/c1-11(22)19-15-10-9-14(16-17(15)21-23-20-16)12-5-7-13(8-6-12)18(2,3)4/h5-10H,1-4H3,(H,19,22). The molecule has 2 aromatic carbocycles. The van der Waals surface area contributed by atoms with Gasteiger partial charge in [0.2, 0.25) is 5.91 Å². The van der Waals surface area contributed by atoms with Crippen molar-refractivity contribution in [2.24, 2.45) is 0 Å². The molecule has 0 unspecified atom stereocenters. The third kappa shape index (κ3) is 2.95. The van der Waals surface area contributed by atoms with Gasteiger partial charge in [0.25, 0.3) is 0 Å². The van der Waals surface area contributed by atoms with E-state index in [1.165, 1.54) is 12.5 Å². The summed E-state index contributed by atoms with van der Waals surface area (Å²) in [6.07, 6.45) is 0. The summed E-state index contributed by atoms with van der Waals surface area (Å²) in [7, 11) is 0. The average Bonchev–Trinajstić information content (AvgIpc) is 2.96. The fraction of sp³-hybridized carbons (Fsp3) is 0.278. The fourth-order valence-electron chi connectivity index (χ4n) is 2.54. The smallest absolute Gasteiger partial charge is 0.221 e. The molecule has 0 saturated carbocycles. The third-order valence-electron chi connectivity index (χ3n) is 3.79. The van der Waals surface area contributed by atoms with Gasteiger partial charge >= 0.3 is 0 Å². The molecule has 118 valence electrons. The van der Waals surface area contributed by atoms with Crippen molar-refractivity contribution in [2.75, 3.05) is 5.32 Å². The lowest BCUT2D eigenvalue weighted by Crippen LogP contribution is -2.10. The highest BCUT2D eigenvalue weighted by atomic mass is 16.6. The number of rotatable bonds is 2. The second-order valence-electron chi connectivity index (χ2n) is 6.63. The summed E-state index contributed by atoms with van der Waals surface area (Å²) >= 11 is 0. The number of carbonyl (C=O) groups excluding carboxylic acids is 1. The molecule has 1 heterocycles. The molecule has 0 atom stereocenters. The van der Waals surface area contributed by atoms with Gasteiger partial charge in [0.1, 0.15) is 5.52 Å². The minimum Gasteiger partial charge on any atom is -0.324 e. The average molecular weight is 309 g/mol. The van der Waals surface area contributed by atoms with Gasteiger partial charge in [0.05, 0.1) is 5.69 Å². The van der Waals surface area contributed by atoms with Gasteiger partial charge in [-0.25, -0.2) is 4.63 Å². The third-order valence-corrected chi connectivity index (χ3v) is 3.79. The molecule has 5 heteroatoms. The lowest BCUT2D eigenvalue weighted by atomic mass is 9.86. The molecular formula is C18H19N3O2. The van der Waals surface area contributed by atoms with Crippen LogP contribution < -0.4 is 5.32 Å². The van der Waals surface area contributed by atoms with E-state index in [2.05, 4.69) is 60.7 Å². The van der Waals surface area contributed by atoms with Crippen LogP contribution in [0.4, 0.5) is 5.69 Å². The van der Waals surface area contributed by atoms with Crippen LogP contribution in [-0.2, 0) is 10.2 Å². The van der Waals surface area contributed by atoms with E-state index in [1.54, 1.807) is 0 Å². The van der Waals surface area contributed by atoms with Crippen LogP contribution >= 0.6 is 0 Å². The Hall–Kier alpha value is -2.69. The highest BCUT2D eigenvalue weighted by molar-refractivity contribution is 6.03. The van der Waals surface area contributed by atoms with E-state index in [0.717, 1.165) is 11.1 Å². The molecule has 3 aromatic rings. The molecular weight excluding hydrogens is 290 g/mol. The number of nitrogens with one attached hydrogen (secondary N) is 1. The zero-order valence-corrected chi connectivity index (χ0v) is 13.7. The summed E-state index contributed by atoms with van der Waals surface area (Å²) in [5.41, 5.74) is 5.13. The van der Waals surface area contributed by atoms with Crippen LogP contribution in [0.3, 0.4) is 0 Å². The number of carbonyl (C=O) groups is 1. The highest BCUT2D eigenvalue weighted by Crippen LogP contribution is 2.32. The van der Waals surface area contributed by atoms with Gasteiger partial charge in [-0.3, -0.25) is 4.79 Å². The van der Waals surface area contributed by atoms with E-state index in [1.807, 2.05) is 12.1 Å². The summed E-state index contributed by atoms with van der Waals surface area (Å²) in [6, 6.07) is 12.1. The molecule has 0 aliphatic rings. The Labute approximate surface area is 134 Å². The minimum atomic E-state index is -0.156. The molecule has 0 aliphatic heterocycles. The molecule has 1 N–H and O–H groups in total. The highest BCUT2D eigenvalue weighted by Gasteiger charge is 2.16. The van der Waals surface area contributed by atoms with Gasteiger partial charge in [-0.05, 0) is 39.0 Å². The minimum absolute atomic E-state index is 0.110. The van der Waals surface area contributed by atoms with Gasteiger partial charge in [0, 0.05) is 12.5 Å². The van der Waals surface area contributed by atoms with Crippen molar-refractivity contribution in [3.8, 4) is 11.1 Å². The van der Waals surface area contributed by atoms with E-state index >= 15 is 0 Å². The molecule has 5 nitrogen and oxygen atoms in total. The topological polar surface area (TPSA) is 68.0 Å². The van der Waals surface area contributed by atoms with Crippen LogP contribution in [0.25, 0.3) is 22.2 Å². The van der Waals surface area contributed by atoms with Gasteiger partial charge in [-0.2, -0.15) is 0 Å². The zero-order valence-electron chi connectivity index (χ0n) is 13.7. The Morgan fingerprint density at radius 3 is 2.26 bits per heavy atom. The first-order valence-electron chi connectivity index (χ1n) is 7.50. The number of aromatic nitrogens is 2. The number of nitrogens with zero attached hydrogens (tertiary/aromatic N) is 2. The van der Waals surface area contributed by atoms with Crippen molar-refractivity contribution < 1.29 is 9.42 Å². The van der Waals surface area contributed by atoms with Gasteiger partial charge in [-0.1, -0.05) is 45.0 Å². The zero-order chi connectivity index (χ0) is 16.6. The molecule has 1 amide bonds. The molecule has 0 aliphatic carbocycles. The quantitative estimate of drug-likeness (QED) is 0.772. The second-order valence-corrected chi connectivity index (χ2v) is 6.63. The maximum Gasteiger partial charge on any atom is 0.221 e. The van der Waals surface area contributed by atoms with Crippen LogP contribution in [0, 0.1) is 0 Å². The first-order chi connectivity index (χ1) is 10.9. The van der Waals surface area contributed by atoms with Crippen molar-refractivity contribution in [1.82, 2.24) is 10.3 Å². The number of hydrogen-bond donors (Lipinski definition) is 1. The lowest BCUT2D eigenvalue weighted by molar-refractivity contribution is -0.114. The molecule has 0 saturated heterocycles. The Morgan fingerprint density at radius 1 is 1.00 bits per heavy atom. The summed E-state index contributed by atoms with van der Waals surface area (Å²) in [5, 5.41) is 10.7. The van der Waals surface area contributed by atoms with Crippen molar-refractivity contribution in [1.29, 1.82) is 0 Å². The molecule has 0 bridgehead atoms. The number of hydrogen-bond acceptors (Lipinski definition) is 4. The number of fused-ring (bicyclic) bond motifs is 1. The van der Waals surface area contributed by atoms with Crippen LogP contribution in [0.15, 0.2) is 41.0 Å². The summed E-state index contributed by atoms with van der Waals surface area (Å²) in [5.74, 6) is -0.156. The maximum atomic E-state index is 11.3. The fourth-order valence-corrected chi connectivity index (χ4v) is 2.54. The lowest BCUT2D eigenvalue weighted by Gasteiger charge is -2.19. The molecule has 23 heavy (non-hydrogen) atoms. The predicted octanol–water partition coefficient (Wildman–Crippen LogP) is 4.15. The van der Waals surface area contributed by atoms with E-state index in [-0.39, 0.29) is 11.3 Å². The Bertz CT molecular complexity index is 858. The number of benzene rings is 2. The summed E-state index contributed by atoms with van der Waals surface area (Å²) < 4.78 is 4.88. The van der Waals surface area contributed by atoms with Gasteiger partial charge < -0.3 is 5.32 Å². The molecule has 0 spiro atoms. The van der Waals surface area contributed by atoms with E-state index in [9.17, 15) is 4.79 Å². The Balaban J connectivity index is 2.07. The van der Waals surface area contributed by atoms with Crippen molar-refractivity contribution >= 4 is 22.6 Å². The van der Waals surface area contributed by atoms with Crippen molar-refractivity contribution in [3.05, 3.63) is 42.0 Å². The first-order valence-corrected chi connectivity index (χ1v) is 7.50. The molecule has 0 fully saturated rings.